The molecule has 3 heteroatoms. The Labute approximate surface area is 140 Å². The number of halogens is 1. The largest absolute Gasteiger partial charge is 0.303 e. The van der Waals surface area contributed by atoms with Gasteiger partial charge in [0.25, 0.3) is 0 Å². The highest BCUT2D eigenvalue weighted by atomic mass is 79.9. The van der Waals surface area contributed by atoms with Crippen LogP contribution in [0.2, 0.25) is 0 Å². The third-order valence-electron chi connectivity index (χ3n) is 3.75. The summed E-state index contributed by atoms with van der Waals surface area (Å²) < 4.78 is 1.13. The van der Waals surface area contributed by atoms with Crippen LogP contribution in [0.1, 0.15) is 43.5 Å². The predicted molar refractivity (Wildman–Crippen MR) is 96.9 cm³/mol. The molecule has 1 N–H and O–H groups in total. The summed E-state index contributed by atoms with van der Waals surface area (Å²) in [5.41, 5.74) is 2.68. The highest BCUT2D eigenvalue weighted by Crippen LogP contribution is 2.24. The normalized spacial score (nSPS) is 13.9. The molecule has 2 rings (SSSR count). The average molecular weight is 364 g/mol. The first kappa shape index (κ1) is 16.6. The second kappa shape index (κ2) is 8.02. The maximum atomic E-state index is 3.73. The first-order valence-corrected chi connectivity index (χ1v) is 9.31. The van der Waals surface area contributed by atoms with E-state index in [9.17, 15) is 0 Å². The molecule has 0 fully saturated rings. The van der Waals surface area contributed by atoms with E-state index < -0.39 is 0 Å². The molecule has 0 aliphatic carbocycles. The van der Waals surface area contributed by atoms with Crippen molar-refractivity contribution >= 4 is 27.7 Å². The Kier molecular flexibility index (Phi) is 6.34. The number of thioether (sulfide) groups is 1. The number of nitrogens with one attached hydrogen (secondary N) is 1. The van der Waals surface area contributed by atoms with E-state index in [1.165, 1.54) is 16.0 Å². The van der Waals surface area contributed by atoms with E-state index in [4.69, 9.17) is 0 Å². The van der Waals surface area contributed by atoms with Crippen molar-refractivity contribution in [2.24, 2.45) is 0 Å². The van der Waals surface area contributed by atoms with Crippen molar-refractivity contribution < 1.29 is 0 Å². The minimum atomic E-state index is 0.342. The summed E-state index contributed by atoms with van der Waals surface area (Å²) in [4.78, 5) is 1.31. The molecule has 112 valence electrons. The monoisotopic (exact) mass is 363 g/mol. The third kappa shape index (κ3) is 4.60. The first-order chi connectivity index (χ1) is 10.1. The Morgan fingerprint density at radius 1 is 1.00 bits per heavy atom. The maximum Gasteiger partial charge on any atom is 0.0323 e. The second-order valence-electron chi connectivity index (χ2n) is 5.17. The summed E-state index contributed by atoms with van der Waals surface area (Å²) in [6, 6.07) is 18.1. The van der Waals surface area contributed by atoms with E-state index in [1.54, 1.807) is 11.8 Å². The van der Waals surface area contributed by atoms with Crippen LogP contribution in [0.25, 0.3) is 0 Å². The Hall–Kier alpha value is -0.770. The van der Waals surface area contributed by atoms with Gasteiger partial charge in [0.05, 0.1) is 0 Å². The molecule has 2 atom stereocenters. The van der Waals surface area contributed by atoms with Crippen LogP contribution < -0.4 is 5.32 Å². The van der Waals surface area contributed by atoms with Gasteiger partial charge in [-0.25, -0.2) is 0 Å². The van der Waals surface area contributed by atoms with E-state index in [2.05, 4.69) is 89.9 Å². The highest BCUT2D eigenvalue weighted by Gasteiger charge is 2.13. The van der Waals surface area contributed by atoms with Gasteiger partial charge in [0.2, 0.25) is 0 Å². The molecule has 0 bridgehead atoms. The summed E-state index contributed by atoms with van der Waals surface area (Å²) in [7, 11) is 0. The molecule has 0 aromatic heterocycles. The van der Waals surface area contributed by atoms with Gasteiger partial charge in [0, 0.05) is 21.5 Å². The summed E-state index contributed by atoms with van der Waals surface area (Å²) in [5.74, 6) is 0. The van der Waals surface area contributed by atoms with Gasteiger partial charge in [-0.15, -0.1) is 11.8 Å². The summed E-state index contributed by atoms with van der Waals surface area (Å²) >= 11 is 5.28. The topological polar surface area (TPSA) is 12.0 Å². The average Bonchev–Trinajstić information content (AvgIpc) is 2.53. The van der Waals surface area contributed by atoms with Gasteiger partial charge in [-0.3, -0.25) is 0 Å². The zero-order valence-electron chi connectivity index (χ0n) is 12.8. The lowest BCUT2D eigenvalue weighted by molar-refractivity contribution is 0.456. The molecule has 2 aromatic carbocycles. The van der Waals surface area contributed by atoms with Gasteiger partial charge in [-0.1, -0.05) is 47.1 Å². The third-order valence-corrected chi connectivity index (χ3v) is 5.02. The van der Waals surface area contributed by atoms with Gasteiger partial charge >= 0.3 is 0 Å². The molecule has 0 radical (unpaired) electrons. The van der Waals surface area contributed by atoms with Crippen molar-refractivity contribution in [2.75, 3.05) is 6.26 Å². The number of hydrogen-bond donors (Lipinski definition) is 1. The Balaban J connectivity index is 2.08. The molecular weight excluding hydrogens is 342 g/mol. The molecule has 2 aromatic rings. The molecule has 0 saturated carbocycles. The molecule has 1 nitrogen and oxygen atoms in total. The van der Waals surface area contributed by atoms with Gasteiger partial charge in [-0.2, -0.15) is 0 Å². The van der Waals surface area contributed by atoms with Crippen LogP contribution >= 0.6 is 27.7 Å². The van der Waals surface area contributed by atoms with Gasteiger partial charge in [-0.05, 0) is 55.0 Å². The zero-order valence-corrected chi connectivity index (χ0v) is 15.2. The molecule has 0 spiro atoms. The van der Waals surface area contributed by atoms with Crippen LogP contribution in [0, 0.1) is 0 Å². The summed E-state index contributed by atoms with van der Waals surface area (Å²) in [6.07, 6.45) is 3.19. The lowest BCUT2D eigenvalue weighted by atomic mass is 10.0. The van der Waals surface area contributed by atoms with Gasteiger partial charge in [0.1, 0.15) is 0 Å². The van der Waals surface area contributed by atoms with E-state index in [1.807, 2.05) is 0 Å². The smallest absolute Gasteiger partial charge is 0.0323 e. The minimum Gasteiger partial charge on any atom is -0.303 e. The molecule has 0 heterocycles. The van der Waals surface area contributed by atoms with Crippen LogP contribution in [0.5, 0.6) is 0 Å². The SMILES string of the molecule is CCC(NC(C)c1ccc(SC)cc1)c1ccc(Br)cc1. The molecule has 2 unspecified atom stereocenters. The lowest BCUT2D eigenvalue weighted by Crippen LogP contribution is -2.24. The molecule has 0 amide bonds. The highest BCUT2D eigenvalue weighted by molar-refractivity contribution is 9.10. The number of benzene rings is 2. The first-order valence-electron chi connectivity index (χ1n) is 7.29. The summed E-state index contributed by atoms with van der Waals surface area (Å²) in [6.45, 7) is 4.46. The molecule has 0 aliphatic rings. The fourth-order valence-electron chi connectivity index (χ4n) is 2.44. The van der Waals surface area contributed by atoms with E-state index in [0.29, 0.717) is 12.1 Å². The fraction of sp³-hybridized carbons (Fsp3) is 0.333. The fourth-order valence-corrected chi connectivity index (χ4v) is 3.11. The minimum absolute atomic E-state index is 0.342. The van der Waals surface area contributed by atoms with Crippen molar-refractivity contribution in [1.29, 1.82) is 0 Å². The van der Waals surface area contributed by atoms with E-state index in [-0.39, 0.29) is 0 Å². The van der Waals surface area contributed by atoms with Crippen LogP contribution in [0.15, 0.2) is 57.9 Å². The standard InChI is InChI=1S/C18H22BrNS/c1-4-18(15-5-9-16(19)10-6-15)20-13(2)14-7-11-17(21-3)12-8-14/h5-13,18,20H,4H2,1-3H3. The van der Waals surface area contributed by atoms with Crippen LogP contribution in [-0.2, 0) is 0 Å². The quantitative estimate of drug-likeness (QED) is 0.634. The van der Waals surface area contributed by atoms with Gasteiger partial charge < -0.3 is 5.32 Å². The predicted octanol–water partition coefficient (Wildman–Crippen LogP) is 5.97. The molecule has 0 saturated heterocycles. The number of hydrogen-bond acceptors (Lipinski definition) is 2. The van der Waals surface area contributed by atoms with E-state index >= 15 is 0 Å². The van der Waals surface area contributed by atoms with Crippen molar-refractivity contribution in [3.05, 3.63) is 64.1 Å². The molecular formula is C18H22BrNS. The van der Waals surface area contributed by atoms with Crippen molar-refractivity contribution in [3.63, 3.8) is 0 Å². The second-order valence-corrected chi connectivity index (χ2v) is 6.97. The zero-order chi connectivity index (χ0) is 15.2. The Bertz CT molecular complexity index is 550. The summed E-state index contributed by atoms with van der Waals surface area (Å²) in [5, 5.41) is 3.73. The molecule has 0 aliphatic heterocycles. The van der Waals surface area contributed by atoms with Gasteiger partial charge in [0.15, 0.2) is 0 Å². The molecule has 21 heavy (non-hydrogen) atoms. The van der Waals surface area contributed by atoms with Crippen LogP contribution in [-0.4, -0.2) is 6.26 Å². The maximum absolute atomic E-state index is 3.73. The van der Waals surface area contributed by atoms with Crippen molar-refractivity contribution in [2.45, 2.75) is 37.2 Å². The Morgan fingerprint density at radius 3 is 2.10 bits per heavy atom. The van der Waals surface area contributed by atoms with Crippen LogP contribution in [0.4, 0.5) is 0 Å². The number of rotatable bonds is 6. The van der Waals surface area contributed by atoms with E-state index in [0.717, 1.165) is 10.9 Å². The van der Waals surface area contributed by atoms with Crippen molar-refractivity contribution in [3.8, 4) is 0 Å². The van der Waals surface area contributed by atoms with Crippen molar-refractivity contribution in [1.82, 2.24) is 5.32 Å². The van der Waals surface area contributed by atoms with Crippen LogP contribution in [0.3, 0.4) is 0 Å². The lowest BCUT2D eigenvalue weighted by Gasteiger charge is -2.23. The Morgan fingerprint density at radius 2 is 1.57 bits per heavy atom.